The number of hydrogen-bond acceptors (Lipinski definition) is 4. The van der Waals surface area contributed by atoms with Crippen LogP contribution in [0.4, 0.5) is 0 Å². The lowest BCUT2D eigenvalue weighted by Gasteiger charge is -2.24. The van der Waals surface area contributed by atoms with Crippen LogP contribution in [0.3, 0.4) is 0 Å². The van der Waals surface area contributed by atoms with Crippen molar-refractivity contribution < 1.29 is 14.2 Å². The summed E-state index contributed by atoms with van der Waals surface area (Å²) in [5, 5.41) is 11.0. The van der Waals surface area contributed by atoms with E-state index in [0.717, 1.165) is 12.8 Å². The maximum atomic E-state index is 11.6. The van der Waals surface area contributed by atoms with Crippen molar-refractivity contribution in [2.45, 2.75) is 25.4 Å². The van der Waals surface area contributed by atoms with Crippen LogP contribution in [0.1, 0.15) is 25.3 Å². The normalized spacial score (nSPS) is 15.1. The highest BCUT2D eigenvalue weighted by Gasteiger charge is 2.32. The molecule has 0 heterocycles. The van der Waals surface area contributed by atoms with Crippen molar-refractivity contribution in [1.29, 1.82) is 0 Å². The van der Waals surface area contributed by atoms with Crippen molar-refractivity contribution in [3.8, 4) is 0 Å². The molecule has 0 radical (unpaired) electrons. The van der Waals surface area contributed by atoms with E-state index in [9.17, 15) is 9.67 Å². The van der Waals surface area contributed by atoms with E-state index in [4.69, 9.17) is 21.9 Å². The molecule has 0 spiro atoms. The molecule has 0 aromatic heterocycles. The van der Waals surface area contributed by atoms with Crippen LogP contribution in [0.15, 0.2) is 24.3 Å². The molecule has 0 bridgehead atoms. The molecule has 0 fully saturated rings. The average Bonchev–Trinajstić information content (AvgIpc) is 2.43. The summed E-state index contributed by atoms with van der Waals surface area (Å²) in [7, 11) is -1.74. The van der Waals surface area contributed by atoms with Gasteiger partial charge in [0.15, 0.2) is 6.16 Å². The van der Waals surface area contributed by atoms with Gasteiger partial charge in [0.05, 0.1) is 0 Å². The van der Waals surface area contributed by atoms with Crippen LogP contribution in [-0.4, -0.2) is 24.4 Å². The van der Waals surface area contributed by atoms with Crippen molar-refractivity contribution in [3.63, 3.8) is 0 Å². The Labute approximate surface area is 119 Å². The lowest BCUT2D eigenvalue weighted by molar-refractivity contribution is 0.00108. The zero-order chi connectivity index (χ0) is 14.3. The molecule has 0 saturated heterocycles. The highest BCUT2D eigenvalue weighted by Crippen LogP contribution is 2.29. The number of halogens is 1. The van der Waals surface area contributed by atoms with Crippen molar-refractivity contribution in [1.82, 2.24) is 0 Å². The fourth-order valence-corrected chi connectivity index (χ4v) is 2.74. The van der Waals surface area contributed by atoms with E-state index in [0.29, 0.717) is 16.7 Å². The minimum absolute atomic E-state index is 0.00835. The average molecular weight is 305 g/mol. The molecule has 19 heavy (non-hydrogen) atoms. The van der Waals surface area contributed by atoms with Crippen LogP contribution in [0.2, 0.25) is 5.02 Å². The van der Waals surface area contributed by atoms with Gasteiger partial charge in [0, 0.05) is 11.6 Å². The molecule has 0 aliphatic heterocycles. The highest BCUT2D eigenvalue weighted by atomic mass is 35.5. The van der Waals surface area contributed by atoms with Gasteiger partial charge in [-0.2, -0.15) is 0 Å². The summed E-state index contributed by atoms with van der Waals surface area (Å²) >= 11 is 5.80. The molecule has 2 unspecified atom stereocenters. The van der Waals surface area contributed by atoms with Crippen LogP contribution in [0, 0.1) is 0 Å². The lowest BCUT2D eigenvalue weighted by atomic mass is 9.95. The first kappa shape index (κ1) is 16.5. The second kappa shape index (κ2) is 7.93. The van der Waals surface area contributed by atoms with Crippen LogP contribution in [0.25, 0.3) is 0 Å². The summed E-state index contributed by atoms with van der Waals surface area (Å²) in [6.07, 6.45) is 2.31. The zero-order valence-corrected chi connectivity index (χ0v) is 12.7. The summed E-state index contributed by atoms with van der Waals surface area (Å²) in [5.41, 5.74) is 4.88. The van der Waals surface area contributed by atoms with Crippen LogP contribution in [0.5, 0.6) is 0 Å². The number of aliphatic hydroxyl groups is 1. The third kappa shape index (κ3) is 5.17. The van der Waals surface area contributed by atoms with E-state index in [2.05, 4.69) is 0 Å². The quantitative estimate of drug-likeness (QED) is 0.724. The van der Waals surface area contributed by atoms with Gasteiger partial charge in [-0.25, -0.2) is 0 Å². The molecule has 106 valence electrons. The monoisotopic (exact) mass is 304 g/mol. The van der Waals surface area contributed by atoms with E-state index < -0.39 is 13.6 Å². The molecule has 0 saturated carbocycles. The Kier molecular flexibility index (Phi) is 6.90. The molecule has 1 rings (SSSR count). The molecular formula is C13H20ClNO3P+. The van der Waals surface area contributed by atoms with Crippen molar-refractivity contribution in [3.05, 3.63) is 34.9 Å². The van der Waals surface area contributed by atoms with Crippen molar-refractivity contribution in [2.75, 3.05) is 19.3 Å². The van der Waals surface area contributed by atoms with E-state index in [1.165, 1.54) is 0 Å². The van der Waals surface area contributed by atoms with Gasteiger partial charge in [-0.05, 0) is 28.7 Å². The molecule has 1 aromatic carbocycles. The molecule has 3 N–H and O–H groups in total. The summed E-state index contributed by atoms with van der Waals surface area (Å²) in [6, 6.07) is 6.73. The van der Waals surface area contributed by atoms with E-state index >= 15 is 0 Å². The number of nitrogens with two attached hydrogens (primary N) is 1. The molecule has 1 aromatic rings. The minimum atomic E-state index is -1.74. The summed E-state index contributed by atoms with van der Waals surface area (Å²) < 4.78 is 16.8. The Morgan fingerprint density at radius 3 is 2.58 bits per heavy atom. The number of rotatable bonds is 8. The van der Waals surface area contributed by atoms with Gasteiger partial charge in [0.1, 0.15) is 12.2 Å². The standard InChI is InChI=1S/C13H20ClNO3P/c1-2-3-8-19(17)18-10-13(16,9-15)11-4-6-12(14)7-5-11/h4-7,16H,2-3,8-10,15H2,1H3/q+1. The molecule has 0 aliphatic rings. The predicted octanol–water partition coefficient (Wildman–Crippen LogP) is 3.05. The second-order valence-corrected chi connectivity index (χ2v) is 6.23. The third-order valence-corrected chi connectivity index (χ3v) is 4.21. The zero-order valence-electron chi connectivity index (χ0n) is 11.0. The number of benzene rings is 1. The first-order valence-electron chi connectivity index (χ1n) is 6.28. The molecular weight excluding hydrogens is 285 g/mol. The fourth-order valence-electron chi connectivity index (χ4n) is 1.55. The van der Waals surface area contributed by atoms with E-state index in [1.54, 1.807) is 24.3 Å². The third-order valence-electron chi connectivity index (χ3n) is 2.86. The number of hydrogen-bond donors (Lipinski definition) is 2. The molecule has 6 heteroatoms. The van der Waals surface area contributed by atoms with Crippen molar-refractivity contribution >= 4 is 19.6 Å². The Hall–Kier alpha value is -0.510. The Morgan fingerprint density at radius 1 is 1.42 bits per heavy atom. The largest absolute Gasteiger partial charge is 0.508 e. The minimum Gasteiger partial charge on any atom is -0.381 e. The first-order valence-corrected chi connectivity index (χ1v) is 8.02. The Bertz CT molecular complexity index is 413. The molecule has 0 aliphatic carbocycles. The predicted molar refractivity (Wildman–Crippen MR) is 77.7 cm³/mol. The van der Waals surface area contributed by atoms with Gasteiger partial charge < -0.3 is 10.8 Å². The van der Waals surface area contributed by atoms with Crippen LogP contribution in [-0.2, 0) is 14.7 Å². The highest BCUT2D eigenvalue weighted by molar-refractivity contribution is 7.39. The van der Waals surface area contributed by atoms with Gasteiger partial charge in [0.25, 0.3) is 0 Å². The number of unbranched alkanes of at least 4 members (excludes halogenated alkanes) is 1. The Morgan fingerprint density at radius 2 is 2.05 bits per heavy atom. The van der Waals surface area contributed by atoms with Gasteiger partial charge in [-0.15, -0.1) is 4.52 Å². The van der Waals surface area contributed by atoms with Gasteiger partial charge >= 0.3 is 8.03 Å². The first-order chi connectivity index (χ1) is 9.01. The van der Waals surface area contributed by atoms with Crippen LogP contribution < -0.4 is 5.73 Å². The second-order valence-electron chi connectivity index (χ2n) is 4.43. The molecule has 2 atom stereocenters. The Balaban J connectivity index is 2.65. The van der Waals surface area contributed by atoms with Gasteiger partial charge in [-0.1, -0.05) is 37.1 Å². The lowest BCUT2D eigenvalue weighted by Crippen LogP contribution is -2.39. The molecule has 0 amide bonds. The smallest absolute Gasteiger partial charge is 0.381 e. The van der Waals surface area contributed by atoms with Crippen molar-refractivity contribution in [2.24, 2.45) is 5.73 Å². The van der Waals surface area contributed by atoms with E-state index in [-0.39, 0.29) is 13.2 Å². The van der Waals surface area contributed by atoms with E-state index in [1.807, 2.05) is 6.92 Å². The SMILES string of the molecule is CCCC[P+](=O)OCC(O)(CN)c1ccc(Cl)cc1. The topological polar surface area (TPSA) is 72.5 Å². The van der Waals surface area contributed by atoms with Gasteiger partial charge in [0.2, 0.25) is 0 Å². The summed E-state index contributed by atoms with van der Waals surface area (Å²) in [5.74, 6) is 0. The molecule has 4 nitrogen and oxygen atoms in total. The maximum absolute atomic E-state index is 11.6. The maximum Gasteiger partial charge on any atom is 0.508 e. The fraction of sp³-hybridized carbons (Fsp3) is 0.538. The summed E-state index contributed by atoms with van der Waals surface area (Å²) in [6.45, 7) is 1.93. The van der Waals surface area contributed by atoms with Crippen LogP contribution >= 0.6 is 19.6 Å². The summed E-state index contributed by atoms with van der Waals surface area (Å²) in [4.78, 5) is 0. The van der Waals surface area contributed by atoms with Gasteiger partial charge in [-0.3, -0.25) is 0 Å².